The minimum Gasteiger partial charge on any atom is -0.384 e. The van der Waals surface area contributed by atoms with E-state index < -0.39 is 29.2 Å². The number of hydrogen-bond donors (Lipinski definition) is 2. The Balaban J connectivity index is 0.000000323. The molecular weight excluding hydrogens is 430 g/mol. The molecule has 162 valence electrons. The van der Waals surface area contributed by atoms with Crippen molar-refractivity contribution < 1.29 is 15.1 Å². The third kappa shape index (κ3) is 7.77. The lowest BCUT2D eigenvalue weighted by molar-refractivity contribution is -0.384. The highest BCUT2D eigenvalue weighted by atomic mass is 35.5. The van der Waals surface area contributed by atoms with Crippen LogP contribution < -0.4 is 0 Å². The van der Waals surface area contributed by atoms with E-state index in [2.05, 4.69) is 21.5 Å². The van der Waals surface area contributed by atoms with Gasteiger partial charge in [0.25, 0.3) is 17.8 Å². The van der Waals surface area contributed by atoms with Crippen molar-refractivity contribution in [2.75, 3.05) is 0 Å². The largest absolute Gasteiger partial charge is 0.384 e. The van der Waals surface area contributed by atoms with Crippen molar-refractivity contribution in [2.24, 2.45) is 0 Å². The molecule has 4 unspecified atom stereocenters. The molecule has 0 aliphatic carbocycles. The van der Waals surface area contributed by atoms with Gasteiger partial charge < -0.3 is 19.9 Å². The molecule has 0 radical (unpaired) electrons. The second kappa shape index (κ2) is 13.5. The standard InChI is InChI=1S/C12H10ClNO.C12H10N2O3/c1-3-4-11(15)12(14-2)9-5-7-10(13)8-6-9;1-3-4-11(15)12(13-2)9-5-7-10(8-6-9)14(16)17/h1,5-8,11-12,15H,4H2;1,5-8,11-12,15H,4H2. The third-order valence-corrected chi connectivity index (χ3v) is 4.57. The van der Waals surface area contributed by atoms with Crippen molar-refractivity contribution in [1.82, 2.24) is 0 Å². The van der Waals surface area contributed by atoms with Gasteiger partial charge in [0.1, 0.15) is 12.2 Å². The van der Waals surface area contributed by atoms with E-state index in [1.54, 1.807) is 24.3 Å². The fraction of sp³-hybridized carbons (Fsp3) is 0.250. The number of halogens is 1. The van der Waals surface area contributed by atoms with E-state index >= 15 is 0 Å². The summed E-state index contributed by atoms with van der Waals surface area (Å²) < 4.78 is 0. The lowest BCUT2D eigenvalue weighted by Gasteiger charge is -2.10. The molecular formula is C24H20ClN3O4. The smallest absolute Gasteiger partial charge is 0.275 e. The van der Waals surface area contributed by atoms with Gasteiger partial charge in [-0.2, -0.15) is 0 Å². The van der Waals surface area contributed by atoms with E-state index in [-0.39, 0.29) is 18.5 Å². The van der Waals surface area contributed by atoms with Crippen molar-refractivity contribution in [2.45, 2.75) is 37.1 Å². The van der Waals surface area contributed by atoms with Crippen LogP contribution in [0.15, 0.2) is 48.5 Å². The fourth-order valence-electron chi connectivity index (χ4n) is 2.68. The maximum atomic E-state index is 10.5. The van der Waals surface area contributed by atoms with Gasteiger partial charge >= 0.3 is 0 Å². The predicted molar refractivity (Wildman–Crippen MR) is 122 cm³/mol. The number of aliphatic hydroxyl groups is 2. The predicted octanol–water partition coefficient (Wildman–Crippen LogP) is 4.62. The van der Waals surface area contributed by atoms with Crippen molar-refractivity contribution in [3.63, 3.8) is 0 Å². The number of hydrogen-bond acceptors (Lipinski definition) is 4. The first-order valence-electron chi connectivity index (χ1n) is 9.25. The number of aliphatic hydroxyl groups excluding tert-OH is 2. The van der Waals surface area contributed by atoms with Crippen LogP contribution in [-0.2, 0) is 0 Å². The minimum atomic E-state index is -0.959. The van der Waals surface area contributed by atoms with Gasteiger partial charge in [-0.15, -0.1) is 24.7 Å². The van der Waals surface area contributed by atoms with Gasteiger partial charge in [-0.3, -0.25) is 10.1 Å². The first-order valence-corrected chi connectivity index (χ1v) is 9.62. The van der Waals surface area contributed by atoms with Gasteiger partial charge in [0, 0.05) is 41.1 Å². The Morgan fingerprint density at radius 3 is 1.59 bits per heavy atom. The summed E-state index contributed by atoms with van der Waals surface area (Å²) in [6.07, 6.45) is 8.62. The molecule has 0 bridgehead atoms. The summed E-state index contributed by atoms with van der Waals surface area (Å²) in [5.74, 6) is 4.62. The molecule has 0 saturated carbocycles. The molecule has 0 aliphatic rings. The van der Waals surface area contributed by atoms with Crippen LogP contribution in [0.4, 0.5) is 5.69 Å². The molecule has 0 amide bonds. The van der Waals surface area contributed by atoms with Crippen LogP contribution >= 0.6 is 11.6 Å². The second-order valence-corrected chi connectivity index (χ2v) is 6.94. The fourth-order valence-corrected chi connectivity index (χ4v) is 2.81. The van der Waals surface area contributed by atoms with Crippen LogP contribution in [-0.4, -0.2) is 27.3 Å². The number of nitro groups is 1. The van der Waals surface area contributed by atoms with Crippen molar-refractivity contribution in [3.8, 4) is 24.7 Å². The van der Waals surface area contributed by atoms with Crippen molar-refractivity contribution in [1.29, 1.82) is 0 Å². The lowest BCUT2D eigenvalue weighted by atomic mass is 10.00. The Kier molecular flexibility index (Phi) is 11.0. The molecule has 7 nitrogen and oxygen atoms in total. The molecule has 2 rings (SSSR count). The molecule has 2 N–H and O–H groups in total. The van der Waals surface area contributed by atoms with Crippen LogP contribution in [0, 0.1) is 47.9 Å². The highest BCUT2D eigenvalue weighted by molar-refractivity contribution is 6.30. The van der Waals surface area contributed by atoms with Crippen LogP contribution in [0.2, 0.25) is 5.02 Å². The molecule has 0 heterocycles. The van der Waals surface area contributed by atoms with E-state index in [9.17, 15) is 20.3 Å². The van der Waals surface area contributed by atoms with Crippen molar-refractivity contribution >= 4 is 17.3 Å². The SMILES string of the molecule is [C-]#[N+]C(c1ccc(Cl)cc1)C(O)CC#C.[C-]#[N+]C(c1ccc([N+](=O)[O-])cc1)C(O)CC#C. The third-order valence-electron chi connectivity index (χ3n) is 4.32. The van der Waals surface area contributed by atoms with Crippen LogP contribution in [0.3, 0.4) is 0 Å². The number of terminal acetylenes is 2. The maximum absolute atomic E-state index is 10.5. The average molecular weight is 450 g/mol. The van der Waals surface area contributed by atoms with E-state index in [1.165, 1.54) is 24.3 Å². The Bertz CT molecular complexity index is 1060. The number of nitrogens with zero attached hydrogens (tertiary/aromatic N) is 3. The number of benzene rings is 2. The number of rotatable bonds is 7. The van der Waals surface area contributed by atoms with Gasteiger partial charge in [-0.1, -0.05) is 11.6 Å². The van der Waals surface area contributed by atoms with Gasteiger partial charge in [0.15, 0.2) is 0 Å². The Morgan fingerprint density at radius 2 is 1.28 bits per heavy atom. The number of nitro benzene ring substituents is 1. The van der Waals surface area contributed by atoms with E-state index in [4.69, 9.17) is 37.6 Å². The second-order valence-electron chi connectivity index (χ2n) is 6.50. The van der Waals surface area contributed by atoms with Crippen LogP contribution in [0.1, 0.15) is 36.1 Å². The first kappa shape index (κ1) is 26.2. The number of non-ortho nitro benzene ring substituents is 1. The van der Waals surface area contributed by atoms with Gasteiger partial charge in [0.05, 0.1) is 4.92 Å². The summed E-state index contributed by atoms with van der Waals surface area (Å²) in [7, 11) is 0. The molecule has 2 aromatic rings. The monoisotopic (exact) mass is 449 g/mol. The van der Waals surface area contributed by atoms with Crippen LogP contribution in [0.5, 0.6) is 0 Å². The summed E-state index contributed by atoms with van der Waals surface area (Å²) in [5.41, 5.74) is 1.20. The molecule has 2 aromatic carbocycles. The van der Waals surface area contributed by atoms with Gasteiger partial charge in [-0.25, -0.2) is 13.1 Å². The topological polar surface area (TPSA) is 92.3 Å². The van der Waals surface area contributed by atoms with E-state index in [0.29, 0.717) is 10.6 Å². The molecule has 0 aliphatic heterocycles. The zero-order chi connectivity index (χ0) is 24.1. The summed E-state index contributed by atoms with van der Waals surface area (Å²) in [6.45, 7) is 14.0. The lowest BCUT2D eigenvalue weighted by Crippen LogP contribution is -2.14. The minimum absolute atomic E-state index is 0.0519. The van der Waals surface area contributed by atoms with Gasteiger partial charge in [0.2, 0.25) is 0 Å². The quantitative estimate of drug-likeness (QED) is 0.279. The molecule has 0 aromatic heterocycles. The average Bonchev–Trinajstić information content (AvgIpc) is 2.77. The zero-order valence-corrected chi connectivity index (χ0v) is 17.7. The Labute approximate surface area is 192 Å². The maximum Gasteiger partial charge on any atom is 0.275 e. The summed E-state index contributed by atoms with van der Waals surface area (Å²) in [6, 6.07) is 11.0. The molecule has 0 spiro atoms. The molecule has 32 heavy (non-hydrogen) atoms. The van der Waals surface area contributed by atoms with Crippen LogP contribution in [0.25, 0.3) is 9.69 Å². The highest BCUT2D eigenvalue weighted by Crippen LogP contribution is 2.26. The van der Waals surface area contributed by atoms with Crippen molar-refractivity contribution in [3.05, 3.63) is 97.6 Å². The molecule has 8 heteroatoms. The first-order chi connectivity index (χ1) is 15.3. The van der Waals surface area contributed by atoms with E-state index in [0.717, 1.165) is 5.56 Å². The van der Waals surface area contributed by atoms with Gasteiger partial charge in [-0.05, 0) is 36.4 Å². The summed E-state index contributed by atoms with van der Waals surface area (Å²) in [5, 5.41) is 30.4. The van der Waals surface area contributed by atoms with E-state index in [1.807, 2.05) is 0 Å². The Morgan fingerprint density at radius 1 is 0.906 bits per heavy atom. The summed E-state index contributed by atoms with van der Waals surface area (Å²) in [4.78, 5) is 16.6. The molecule has 0 saturated heterocycles. The zero-order valence-electron chi connectivity index (χ0n) is 16.9. The Hall–Kier alpha value is -3.85. The molecule has 4 atom stereocenters. The summed E-state index contributed by atoms with van der Waals surface area (Å²) >= 11 is 5.73. The highest BCUT2D eigenvalue weighted by Gasteiger charge is 2.26. The molecule has 0 fully saturated rings. The normalized spacial score (nSPS) is 13.3.